The average molecular weight is 1200 g/mol. The second kappa shape index (κ2) is 23.7. The third kappa shape index (κ3) is 11.5. The van der Waals surface area contributed by atoms with Gasteiger partial charge in [-0.05, 0) is 0 Å². The number of alkyl halides is 6. The summed E-state index contributed by atoms with van der Waals surface area (Å²) in [6, 6.07) is 53.5. The summed E-state index contributed by atoms with van der Waals surface area (Å²) in [7, 11) is -2.42. The average Bonchev–Trinajstić information content (AvgIpc) is 0.681. The molecular weight excluding hydrogens is 1130 g/mol. The van der Waals surface area contributed by atoms with Crippen LogP contribution >= 0.6 is 13.7 Å². The van der Waals surface area contributed by atoms with Crippen LogP contribution in [-0.2, 0) is 21.2 Å². The van der Waals surface area contributed by atoms with Crippen molar-refractivity contribution in [1.29, 1.82) is 0 Å². The SMILES string of the molecule is Cc1ccc(C)c(P(CC(=O)c2ccccc2)(OB(Oc2cc(C(F)(F)F)cc(C(F)(F)F)c2)OP(CC(=O)c2ccccc2)(c2cc(C)ccc2C)(c2cc(C)ccc2C)c2cc(C)ccc2C)(c2cc(C)ccc2C)c2cc(C)ccc2C)c1. The second-order valence-electron chi connectivity index (χ2n) is 23.4. The Labute approximate surface area is 502 Å². The van der Waals surface area contributed by atoms with Crippen LogP contribution in [0.25, 0.3) is 0 Å². The molecule has 0 saturated carbocycles. The number of hydrogen-bond donors (Lipinski definition) is 0. The molecule has 0 aromatic heterocycles. The molecule has 0 radical (unpaired) electrons. The molecule has 0 N–H and O–H groups in total. The zero-order chi connectivity index (χ0) is 62.4. The molecule has 0 aliphatic rings. The Hall–Kier alpha value is -7.46. The van der Waals surface area contributed by atoms with Crippen molar-refractivity contribution >= 4 is 64.4 Å². The Balaban J connectivity index is 1.62. The van der Waals surface area contributed by atoms with Gasteiger partial charge in [0.05, 0.1) is 0 Å². The summed E-state index contributed by atoms with van der Waals surface area (Å²) in [5, 5.41) is 3.20. The number of aryl methyl sites for hydroxylation is 12. The number of carbonyl (C=O) groups is 2. The van der Waals surface area contributed by atoms with Gasteiger partial charge in [0.25, 0.3) is 0 Å². The third-order valence-corrected chi connectivity index (χ3v) is 28.8. The fourth-order valence-corrected chi connectivity index (χ4v) is 26.3. The zero-order valence-corrected chi connectivity index (χ0v) is 52.4. The van der Waals surface area contributed by atoms with Gasteiger partial charge in [0.2, 0.25) is 0 Å². The van der Waals surface area contributed by atoms with E-state index in [4.69, 9.17) is 13.5 Å². The van der Waals surface area contributed by atoms with Crippen LogP contribution in [0.1, 0.15) is 98.6 Å². The fourth-order valence-electron chi connectivity index (χ4n) is 12.6. The third-order valence-electron chi connectivity index (χ3n) is 16.8. The minimum absolute atomic E-state index is 0.0469. The number of carbonyl (C=O) groups excluding carboxylic acids is 2. The first-order valence-corrected chi connectivity index (χ1v) is 33.2. The fraction of sp³-hybridized carbons (Fsp3) is 0.222. The van der Waals surface area contributed by atoms with Crippen molar-refractivity contribution < 1.29 is 49.5 Å². The first-order valence-electron chi connectivity index (χ1n) is 28.5. The number of benzene rings is 9. The standard InChI is InChI=1S/C72H71BF6O5P2/c1-46-23-29-52(7)65(35-46)85(66-36-47(2)24-30-53(66)8,67-37-48(3)25-31-54(67)9,44-63(80)58-19-15-13-16-20-58)83-73(82-62-42-60(71(74,75)76)41-61(43-62)72(77,78)79)84-86(68-38-49(4)26-32-55(68)10,69-39-50(5)27-33-56(69)11,70-40-51(6)28-34-57(70)12)45-64(81)59-21-17-14-18-22-59/h13-43H,44-45H2,1-12H3. The van der Waals surface area contributed by atoms with Gasteiger partial charge in [0, 0.05) is 0 Å². The van der Waals surface area contributed by atoms with Crippen LogP contribution in [0.4, 0.5) is 26.3 Å². The summed E-state index contributed by atoms with van der Waals surface area (Å²) in [6.45, 7) is 11.8. The van der Waals surface area contributed by atoms with Crippen LogP contribution in [0, 0.1) is 83.1 Å². The Morgan fingerprint density at radius 1 is 0.349 bits per heavy atom. The maximum atomic E-state index is 16.4. The van der Waals surface area contributed by atoms with E-state index < -0.39 is 74.1 Å². The molecule has 9 aromatic rings. The van der Waals surface area contributed by atoms with Crippen molar-refractivity contribution in [2.75, 3.05) is 12.3 Å². The minimum atomic E-state index is -5.57. The van der Waals surface area contributed by atoms with E-state index in [0.717, 1.165) is 33.4 Å². The predicted octanol–water partition coefficient (Wildman–Crippen LogP) is 16.5. The summed E-state index contributed by atoms with van der Waals surface area (Å²) in [4.78, 5) is 32.7. The van der Waals surface area contributed by atoms with E-state index in [9.17, 15) is 0 Å². The Kier molecular flexibility index (Phi) is 17.4. The molecule has 0 aliphatic carbocycles. The summed E-state index contributed by atoms with van der Waals surface area (Å²) in [5.41, 5.74) is 5.80. The number of hydrogen-bond acceptors (Lipinski definition) is 5. The van der Waals surface area contributed by atoms with Gasteiger partial charge in [-0.3, -0.25) is 0 Å². The van der Waals surface area contributed by atoms with Crippen molar-refractivity contribution in [2.24, 2.45) is 0 Å². The van der Waals surface area contributed by atoms with Crippen molar-refractivity contribution in [3.8, 4) is 5.75 Å². The number of halogens is 6. The molecule has 444 valence electrons. The van der Waals surface area contributed by atoms with Crippen LogP contribution in [0.3, 0.4) is 0 Å². The molecule has 0 saturated heterocycles. The monoisotopic (exact) mass is 1200 g/mol. The van der Waals surface area contributed by atoms with E-state index in [0.29, 0.717) is 88.5 Å². The van der Waals surface area contributed by atoms with Crippen LogP contribution in [0.15, 0.2) is 188 Å². The predicted molar refractivity (Wildman–Crippen MR) is 343 cm³/mol. The van der Waals surface area contributed by atoms with E-state index in [1.54, 1.807) is 60.7 Å². The van der Waals surface area contributed by atoms with Gasteiger partial charge in [-0.25, -0.2) is 0 Å². The van der Waals surface area contributed by atoms with E-state index in [2.05, 4.69) is 0 Å². The molecule has 0 spiro atoms. The van der Waals surface area contributed by atoms with E-state index >= 15 is 35.9 Å². The summed E-state index contributed by atoms with van der Waals surface area (Å²) < 4.78 is 117. The van der Waals surface area contributed by atoms with Gasteiger partial charge in [-0.15, -0.1) is 0 Å². The number of rotatable bonds is 18. The van der Waals surface area contributed by atoms with Crippen molar-refractivity contribution in [3.63, 3.8) is 0 Å². The number of ketones is 2. The van der Waals surface area contributed by atoms with Crippen molar-refractivity contribution in [2.45, 2.75) is 95.4 Å². The Morgan fingerprint density at radius 2 is 0.593 bits per heavy atom. The maximum absolute atomic E-state index is 16.4. The molecule has 0 unspecified atom stereocenters. The van der Waals surface area contributed by atoms with E-state index in [1.165, 1.54) is 0 Å². The van der Waals surface area contributed by atoms with Gasteiger partial charge in [0.15, 0.2) is 0 Å². The zero-order valence-electron chi connectivity index (χ0n) is 50.6. The van der Waals surface area contributed by atoms with Crippen molar-refractivity contribution in [3.05, 3.63) is 277 Å². The van der Waals surface area contributed by atoms with Gasteiger partial charge >= 0.3 is 504 Å². The van der Waals surface area contributed by atoms with Gasteiger partial charge < -0.3 is 0 Å². The number of Topliss-reactive ketones (excluding diaryl/α,β-unsaturated/α-hetero) is 2. The normalized spacial score (nSPS) is 13.1. The van der Waals surface area contributed by atoms with Crippen LogP contribution in [0.2, 0.25) is 0 Å². The molecule has 14 heteroatoms. The van der Waals surface area contributed by atoms with Gasteiger partial charge in [0.1, 0.15) is 0 Å². The first kappa shape index (κ1) is 63.1. The molecule has 0 fully saturated rings. The van der Waals surface area contributed by atoms with Crippen LogP contribution in [0.5, 0.6) is 5.75 Å². The molecule has 0 heterocycles. The molecule has 0 aliphatic heterocycles. The molecule has 9 rings (SSSR count). The topological polar surface area (TPSA) is 61.8 Å². The van der Waals surface area contributed by atoms with Crippen molar-refractivity contribution in [1.82, 2.24) is 0 Å². The van der Waals surface area contributed by atoms with Gasteiger partial charge in [-0.1, -0.05) is 0 Å². The first-order chi connectivity index (χ1) is 40.5. The molecule has 0 bridgehead atoms. The van der Waals surface area contributed by atoms with Gasteiger partial charge in [-0.2, -0.15) is 0 Å². The van der Waals surface area contributed by atoms with Crippen LogP contribution < -0.4 is 36.5 Å². The van der Waals surface area contributed by atoms with Crippen LogP contribution in [-0.4, -0.2) is 31.2 Å². The van der Waals surface area contributed by atoms with E-state index in [-0.39, 0.29) is 6.07 Å². The molecule has 5 nitrogen and oxygen atoms in total. The second-order valence-corrected chi connectivity index (χ2v) is 32.2. The molecule has 0 atom stereocenters. The Bertz CT molecular complexity index is 3570. The summed E-state index contributed by atoms with van der Waals surface area (Å²) >= 11 is 0. The molecule has 9 aromatic carbocycles. The van der Waals surface area contributed by atoms with E-state index in [1.807, 2.05) is 192 Å². The Morgan fingerprint density at radius 3 is 0.826 bits per heavy atom. The molecular formula is C72H71BF6O5P2. The molecule has 0 amide bonds. The quantitative estimate of drug-likeness (QED) is 0.0371. The summed E-state index contributed by atoms with van der Waals surface area (Å²) in [6.07, 6.45) is -11.5. The summed E-state index contributed by atoms with van der Waals surface area (Å²) in [5.74, 6) is -1.68. The molecule has 86 heavy (non-hydrogen) atoms.